The molecule has 0 N–H and O–H groups in total. The van der Waals surface area contributed by atoms with Crippen molar-refractivity contribution in [2.24, 2.45) is 5.92 Å². The van der Waals surface area contributed by atoms with Gasteiger partial charge in [-0.25, -0.2) is 4.98 Å². The van der Waals surface area contributed by atoms with Gasteiger partial charge in [-0.2, -0.15) is 0 Å². The monoisotopic (exact) mass is 415 g/mol. The lowest BCUT2D eigenvalue weighted by Gasteiger charge is -2.34. The van der Waals surface area contributed by atoms with E-state index < -0.39 is 0 Å². The van der Waals surface area contributed by atoms with Crippen LogP contribution in [-0.4, -0.2) is 40.6 Å². The molecule has 2 rings (SSSR count). The number of hydrogen-bond acceptors (Lipinski definition) is 4. The number of methoxy groups -OCH3 is 1. The van der Waals surface area contributed by atoms with Crippen LogP contribution in [0.15, 0.2) is 29.1 Å². The summed E-state index contributed by atoms with van der Waals surface area (Å²) in [5.41, 5.74) is 0.631. The maximum Gasteiger partial charge on any atom is 0.261 e. The number of fused-ring (bicyclic) bond motifs is 1. The Morgan fingerprint density at radius 3 is 2.50 bits per heavy atom. The predicted molar refractivity (Wildman–Crippen MR) is 122 cm³/mol. The van der Waals surface area contributed by atoms with E-state index in [0.29, 0.717) is 42.8 Å². The van der Waals surface area contributed by atoms with Gasteiger partial charge in [0.2, 0.25) is 5.91 Å². The highest BCUT2D eigenvalue weighted by Crippen LogP contribution is 2.27. The zero-order valence-corrected chi connectivity index (χ0v) is 19.2. The summed E-state index contributed by atoms with van der Waals surface area (Å²) in [4.78, 5) is 33.5. The van der Waals surface area contributed by atoms with Crippen molar-refractivity contribution in [2.75, 3.05) is 20.3 Å². The van der Waals surface area contributed by atoms with Crippen molar-refractivity contribution in [2.45, 2.75) is 72.4 Å². The number of amides is 1. The second-order valence-electron chi connectivity index (χ2n) is 7.73. The van der Waals surface area contributed by atoms with E-state index in [2.05, 4.69) is 13.8 Å². The molecule has 0 saturated carbocycles. The van der Waals surface area contributed by atoms with Gasteiger partial charge in [0.25, 0.3) is 5.56 Å². The van der Waals surface area contributed by atoms with Crippen LogP contribution in [0.4, 0.5) is 0 Å². The lowest BCUT2D eigenvalue weighted by atomic mass is 9.96. The highest BCUT2D eigenvalue weighted by molar-refractivity contribution is 5.80. The topological polar surface area (TPSA) is 64.4 Å². The first-order valence-corrected chi connectivity index (χ1v) is 11.3. The Morgan fingerprint density at radius 2 is 1.90 bits per heavy atom. The Balaban J connectivity index is 2.56. The smallest absolute Gasteiger partial charge is 0.261 e. The van der Waals surface area contributed by atoms with E-state index in [1.807, 2.05) is 43.0 Å². The summed E-state index contributed by atoms with van der Waals surface area (Å²) < 4.78 is 7.03. The van der Waals surface area contributed by atoms with Crippen LogP contribution in [0.1, 0.15) is 71.7 Å². The van der Waals surface area contributed by atoms with Crippen molar-refractivity contribution in [1.29, 1.82) is 0 Å². The minimum absolute atomic E-state index is 0.0156. The zero-order valence-electron chi connectivity index (χ0n) is 19.2. The lowest BCUT2D eigenvalue weighted by molar-refractivity contribution is -0.139. The fourth-order valence-corrected chi connectivity index (χ4v) is 4.08. The molecule has 2 aromatic rings. The second-order valence-corrected chi connectivity index (χ2v) is 7.73. The van der Waals surface area contributed by atoms with Crippen molar-refractivity contribution in [3.05, 3.63) is 40.4 Å². The summed E-state index contributed by atoms with van der Waals surface area (Å²) in [6, 6.07) is 7.16. The van der Waals surface area contributed by atoms with Gasteiger partial charge < -0.3 is 9.64 Å². The molecule has 2 atom stereocenters. The number of hydrogen-bond donors (Lipinski definition) is 0. The van der Waals surface area contributed by atoms with E-state index >= 15 is 0 Å². The van der Waals surface area contributed by atoms with E-state index in [1.54, 1.807) is 11.7 Å². The lowest BCUT2D eigenvalue weighted by Crippen LogP contribution is -2.43. The van der Waals surface area contributed by atoms with Crippen molar-refractivity contribution in [3.63, 3.8) is 0 Å². The molecule has 166 valence electrons. The molecule has 2 unspecified atom stereocenters. The third kappa shape index (κ3) is 5.28. The molecule has 30 heavy (non-hydrogen) atoms. The van der Waals surface area contributed by atoms with Gasteiger partial charge in [-0.05, 0) is 38.3 Å². The number of carbonyl (C=O) groups is 1. The molecule has 0 aliphatic carbocycles. The average molecular weight is 416 g/mol. The number of rotatable bonds is 12. The number of aromatic nitrogens is 2. The summed E-state index contributed by atoms with van der Waals surface area (Å²) in [6.07, 6.45) is 4.49. The number of para-hydroxylation sites is 1. The molecular formula is C24H37N3O3. The molecule has 1 heterocycles. The predicted octanol–water partition coefficient (Wildman–Crippen LogP) is 4.56. The van der Waals surface area contributed by atoms with Gasteiger partial charge in [0.1, 0.15) is 5.82 Å². The van der Waals surface area contributed by atoms with Crippen molar-refractivity contribution in [3.8, 4) is 0 Å². The molecule has 0 bridgehead atoms. The maximum atomic E-state index is 13.6. The summed E-state index contributed by atoms with van der Waals surface area (Å²) >= 11 is 0. The van der Waals surface area contributed by atoms with Crippen LogP contribution in [0.3, 0.4) is 0 Å². The Labute approximate surface area is 180 Å². The summed E-state index contributed by atoms with van der Waals surface area (Å²) in [5.74, 6) is 0.788. The summed E-state index contributed by atoms with van der Waals surface area (Å²) in [7, 11) is 1.65. The minimum atomic E-state index is -0.263. The second kappa shape index (κ2) is 11.8. The standard InChI is InChI=1S/C24H37N3O3/c1-6-10-13-18(7-2)23(28)27(16-17-30-5)21(8-3)22-25-20-15-12-11-14-19(20)24(29)26(22)9-4/h11-12,14-15,18,21H,6-10,13,16-17H2,1-5H3. The van der Waals surface area contributed by atoms with Crippen LogP contribution >= 0.6 is 0 Å². The first-order chi connectivity index (χ1) is 14.5. The first-order valence-electron chi connectivity index (χ1n) is 11.3. The van der Waals surface area contributed by atoms with Gasteiger partial charge in [-0.15, -0.1) is 0 Å². The van der Waals surface area contributed by atoms with Crippen molar-refractivity contribution < 1.29 is 9.53 Å². The third-order valence-corrected chi connectivity index (χ3v) is 5.84. The quantitative estimate of drug-likeness (QED) is 0.510. The van der Waals surface area contributed by atoms with Crippen LogP contribution < -0.4 is 5.56 Å². The van der Waals surface area contributed by atoms with Crippen molar-refractivity contribution in [1.82, 2.24) is 14.5 Å². The highest BCUT2D eigenvalue weighted by atomic mass is 16.5. The normalized spacial score (nSPS) is 13.4. The van der Waals surface area contributed by atoms with E-state index in [1.165, 1.54) is 0 Å². The van der Waals surface area contributed by atoms with Crippen LogP contribution in [0, 0.1) is 5.92 Å². The third-order valence-electron chi connectivity index (χ3n) is 5.84. The summed E-state index contributed by atoms with van der Waals surface area (Å²) in [6.45, 7) is 9.68. The first kappa shape index (κ1) is 24.1. The fraction of sp³-hybridized carbons (Fsp3) is 0.625. The molecule has 0 aliphatic heterocycles. The van der Waals surface area contributed by atoms with Gasteiger partial charge in [-0.3, -0.25) is 14.2 Å². The van der Waals surface area contributed by atoms with Crippen LogP contribution in [0.25, 0.3) is 10.9 Å². The molecule has 0 fully saturated rings. The number of carbonyl (C=O) groups excluding carboxylic acids is 1. The molecule has 1 aromatic carbocycles. The largest absolute Gasteiger partial charge is 0.383 e. The molecule has 1 aromatic heterocycles. The fourth-order valence-electron chi connectivity index (χ4n) is 4.08. The van der Waals surface area contributed by atoms with E-state index in [-0.39, 0.29) is 23.4 Å². The number of benzene rings is 1. The number of ether oxygens (including phenoxy) is 1. The molecule has 1 amide bonds. The van der Waals surface area contributed by atoms with Crippen molar-refractivity contribution >= 4 is 16.8 Å². The Kier molecular flexibility index (Phi) is 9.50. The number of unbranched alkanes of at least 4 members (excludes halogenated alkanes) is 1. The minimum Gasteiger partial charge on any atom is -0.383 e. The molecule has 0 radical (unpaired) electrons. The van der Waals surface area contributed by atoms with E-state index in [4.69, 9.17) is 9.72 Å². The Morgan fingerprint density at radius 1 is 1.17 bits per heavy atom. The summed E-state index contributed by atoms with van der Waals surface area (Å²) in [5, 5.41) is 0.613. The average Bonchev–Trinajstić information content (AvgIpc) is 2.77. The van der Waals surface area contributed by atoms with Gasteiger partial charge >= 0.3 is 0 Å². The van der Waals surface area contributed by atoms with Gasteiger partial charge in [0, 0.05) is 26.1 Å². The van der Waals surface area contributed by atoms with Crippen LogP contribution in [-0.2, 0) is 16.1 Å². The maximum absolute atomic E-state index is 13.6. The van der Waals surface area contributed by atoms with Crippen LogP contribution in [0.2, 0.25) is 0 Å². The molecule has 0 aliphatic rings. The Hall–Kier alpha value is -2.21. The number of nitrogens with zero attached hydrogens (tertiary/aromatic N) is 3. The SMILES string of the molecule is CCCCC(CC)C(=O)N(CCOC)C(CC)c1nc2ccccc2c(=O)n1CC. The molecular weight excluding hydrogens is 378 g/mol. The van der Waals surface area contributed by atoms with E-state index in [9.17, 15) is 9.59 Å². The zero-order chi connectivity index (χ0) is 22.1. The van der Waals surface area contributed by atoms with Gasteiger partial charge in [0.15, 0.2) is 0 Å². The molecule has 6 heteroatoms. The van der Waals surface area contributed by atoms with Gasteiger partial charge in [-0.1, -0.05) is 45.7 Å². The van der Waals surface area contributed by atoms with Crippen LogP contribution in [0.5, 0.6) is 0 Å². The molecule has 6 nitrogen and oxygen atoms in total. The Bertz CT molecular complexity index is 878. The van der Waals surface area contributed by atoms with Gasteiger partial charge in [0.05, 0.1) is 23.6 Å². The molecule has 0 spiro atoms. The molecule has 0 saturated heterocycles. The highest BCUT2D eigenvalue weighted by Gasteiger charge is 2.31. The van der Waals surface area contributed by atoms with E-state index in [0.717, 1.165) is 25.7 Å².